The van der Waals surface area contributed by atoms with Gasteiger partial charge in [0.2, 0.25) is 0 Å². The van der Waals surface area contributed by atoms with Crippen molar-refractivity contribution < 1.29 is 9.53 Å². The standard InChI is InChI=1S/C12H10O2/c1-2-10-14-12-8-4-3-6-11(12)7-5-9-13/h1,3-9H,10H2/b7-5+. The van der Waals surface area contributed by atoms with E-state index in [-0.39, 0.29) is 6.61 Å². The summed E-state index contributed by atoms with van der Waals surface area (Å²) in [5.41, 5.74) is 0.842. The third-order valence-corrected chi connectivity index (χ3v) is 1.58. The van der Waals surface area contributed by atoms with Crippen LogP contribution in [0, 0.1) is 12.3 Å². The highest BCUT2D eigenvalue weighted by Crippen LogP contribution is 2.18. The molecule has 0 aromatic heterocycles. The van der Waals surface area contributed by atoms with Gasteiger partial charge in [-0.2, -0.15) is 0 Å². The molecule has 1 rings (SSSR count). The molecule has 0 heterocycles. The number of aldehydes is 1. The predicted molar refractivity (Wildman–Crippen MR) is 55.9 cm³/mol. The molecule has 1 aromatic carbocycles. The second-order valence-electron chi connectivity index (χ2n) is 2.53. The van der Waals surface area contributed by atoms with E-state index in [9.17, 15) is 4.79 Å². The Labute approximate surface area is 83.2 Å². The van der Waals surface area contributed by atoms with Crippen LogP contribution in [0.3, 0.4) is 0 Å². The second-order valence-corrected chi connectivity index (χ2v) is 2.53. The minimum Gasteiger partial charge on any atom is -0.480 e. The largest absolute Gasteiger partial charge is 0.480 e. The Bertz CT molecular complexity index is 372. The van der Waals surface area contributed by atoms with E-state index in [0.717, 1.165) is 11.8 Å². The zero-order valence-corrected chi connectivity index (χ0v) is 7.64. The first-order valence-corrected chi connectivity index (χ1v) is 4.15. The lowest BCUT2D eigenvalue weighted by atomic mass is 10.2. The summed E-state index contributed by atoms with van der Waals surface area (Å²) in [4.78, 5) is 10.1. The summed E-state index contributed by atoms with van der Waals surface area (Å²) in [6, 6.07) is 7.38. The number of rotatable bonds is 4. The number of carbonyl (C=O) groups excluding carboxylic acids is 1. The summed E-state index contributed by atoms with van der Waals surface area (Å²) >= 11 is 0. The zero-order valence-electron chi connectivity index (χ0n) is 7.64. The van der Waals surface area contributed by atoms with E-state index < -0.39 is 0 Å². The van der Waals surface area contributed by atoms with Crippen LogP contribution in [-0.4, -0.2) is 12.9 Å². The van der Waals surface area contributed by atoms with Gasteiger partial charge in [0.1, 0.15) is 18.6 Å². The number of hydrogen-bond acceptors (Lipinski definition) is 2. The van der Waals surface area contributed by atoms with Gasteiger partial charge in [-0.1, -0.05) is 24.1 Å². The molecule has 2 heteroatoms. The van der Waals surface area contributed by atoms with Crippen molar-refractivity contribution in [2.75, 3.05) is 6.61 Å². The van der Waals surface area contributed by atoms with Gasteiger partial charge in [-0.05, 0) is 18.2 Å². The Kier molecular flexibility index (Phi) is 4.03. The molecule has 0 aliphatic heterocycles. The average Bonchev–Trinajstić information content (AvgIpc) is 2.24. The van der Waals surface area contributed by atoms with Crippen LogP contribution < -0.4 is 4.74 Å². The minimum atomic E-state index is 0.228. The molecule has 0 fully saturated rings. The normalized spacial score (nSPS) is 9.64. The monoisotopic (exact) mass is 186 g/mol. The van der Waals surface area contributed by atoms with Crippen LogP contribution >= 0.6 is 0 Å². The number of benzene rings is 1. The van der Waals surface area contributed by atoms with Crippen molar-refractivity contribution in [2.24, 2.45) is 0 Å². The lowest BCUT2D eigenvalue weighted by molar-refractivity contribution is -0.104. The van der Waals surface area contributed by atoms with E-state index in [1.165, 1.54) is 6.08 Å². The molecular weight excluding hydrogens is 176 g/mol. The number of hydrogen-bond donors (Lipinski definition) is 0. The molecule has 0 bridgehead atoms. The van der Waals surface area contributed by atoms with Crippen LogP contribution in [0.4, 0.5) is 0 Å². The molecule has 2 nitrogen and oxygen atoms in total. The summed E-state index contributed by atoms with van der Waals surface area (Å²) < 4.78 is 5.28. The highest BCUT2D eigenvalue weighted by atomic mass is 16.5. The average molecular weight is 186 g/mol. The van der Waals surface area contributed by atoms with Crippen molar-refractivity contribution in [3.05, 3.63) is 35.9 Å². The summed E-state index contributed by atoms with van der Waals surface area (Å²) in [6.07, 6.45) is 8.89. The quantitative estimate of drug-likeness (QED) is 0.408. The van der Waals surface area contributed by atoms with E-state index >= 15 is 0 Å². The van der Waals surface area contributed by atoms with E-state index in [1.807, 2.05) is 24.3 Å². The Morgan fingerprint density at radius 2 is 2.21 bits per heavy atom. The predicted octanol–water partition coefficient (Wildman–Crippen LogP) is 1.91. The van der Waals surface area contributed by atoms with Gasteiger partial charge in [0.25, 0.3) is 0 Å². The Balaban J connectivity index is 2.86. The Morgan fingerprint density at radius 1 is 1.43 bits per heavy atom. The van der Waals surface area contributed by atoms with Gasteiger partial charge in [-0.3, -0.25) is 4.79 Å². The molecule has 0 saturated heterocycles. The number of carbonyl (C=O) groups is 1. The number of para-hydroxylation sites is 1. The van der Waals surface area contributed by atoms with Crippen LogP contribution in [0.25, 0.3) is 6.08 Å². The molecule has 0 aliphatic rings. The van der Waals surface area contributed by atoms with Crippen LogP contribution in [-0.2, 0) is 4.79 Å². The molecule has 0 saturated carbocycles. The molecule has 0 N–H and O–H groups in total. The van der Waals surface area contributed by atoms with Crippen molar-refractivity contribution in [3.8, 4) is 18.1 Å². The highest BCUT2D eigenvalue weighted by molar-refractivity contribution is 5.75. The smallest absolute Gasteiger partial charge is 0.148 e. The van der Waals surface area contributed by atoms with Crippen molar-refractivity contribution in [2.45, 2.75) is 0 Å². The zero-order chi connectivity index (χ0) is 10.2. The molecular formula is C12H10O2. The third kappa shape index (κ3) is 2.80. The lowest BCUT2D eigenvalue weighted by Crippen LogP contribution is -1.94. The van der Waals surface area contributed by atoms with Gasteiger partial charge in [0.15, 0.2) is 0 Å². The van der Waals surface area contributed by atoms with Gasteiger partial charge in [-0.15, -0.1) is 6.42 Å². The number of allylic oxidation sites excluding steroid dienone is 1. The van der Waals surface area contributed by atoms with Gasteiger partial charge in [0.05, 0.1) is 0 Å². The maximum Gasteiger partial charge on any atom is 0.148 e. The van der Waals surface area contributed by atoms with E-state index in [0.29, 0.717) is 5.75 Å². The van der Waals surface area contributed by atoms with Crippen molar-refractivity contribution in [1.82, 2.24) is 0 Å². The van der Waals surface area contributed by atoms with Crippen molar-refractivity contribution >= 4 is 12.4 Å². The van der Waals surface area contributed by atoms with E-state index in [2.05, 4.69) is 5.92 Å². The minimum absolute atomic E-state index is 0.228. The summed E-state index contributed by atoms with van der Waals surface area (Å²) in [6.45, 7) is 0.228. The van der Waals surface area contributed by atoms with Gasteiger partial charge in [-0.25, -0.2) is 0 Å². The molecule has 70 valence electrons. The van der Waals surface area contributed by atoms with Crippen LogP contribution in [0.15, 0.2) is 30.3 Å². The van der Waals surface area contributed by atoms with Crippen LogP contribution in [0.1, 0.15) is 5.56 Å². The first-order valence-electron chi connectivity index (χ1n) is 4.15. The fourth-order valence-electron chi connectivity index (χ4n) is 1.01. The SMILES string of the molecule is C#CCOc1ccccc1/C=C/C=O. The fraction of sp³-hybridized carbons (Fsp3) is 0.0833. The summed E-state index contributed by atoms with van der Waals surface area (Å²) in [5, 5.41) is 0. The third-order valence-electron chi connectivity index (χ3n) is 1.58. The van der Waals surface area contributed by atoms with Crippen molar-refractivity contribution in [1.29, 1.82) is 0 Å². The summed E-state index contributed by atoms with van der Waals surface area (Å²) in [5.74, 6) is 3.07. The first-order chi connectivity index (χ1) is 6.88. The topological polar surface area (TPSA) is 26.3 Å². The fourth-order valence-corrected chi connectivity index (χ4v) is 1.01. The van der Waals surface area contributed by atoms with Gasteiger partial charge < -0.3 is 4.74 Å². The lowest BCUT2D eigenvalue weighted by Gasteiger charge is -2.04. The molecule has 0 radical (unpaired) electrons. The summed E-state index contributed by atoms with van der Waals surface area (Å²) in [7, 11) is 0. The molecule has 0 unspecified atom stereocenters. The molecule has 1 aromatic rings. The first kappa shape index (κ1) is 10.1. The Hall–Kier alpha value is -2.01. The molecule has 14 heavy (non-hydrogen) atoms. The van der Waals surface area contributed by atoms with E-state index in [4.69, 9.17) is 11.2 Å². The maximum atomic E-state index is 10.1. The van der Waals surface area contributed by atoms with E-state index in [1.54, 1.807) is 6.08 Å². The van der Waals surface area contributed by atoms with Gasteiger partial charge >= 0.3 is 0 Å². The molecule has 0 aliphatic carbocycles. The van der Waals surface area contributed by atoms with Crippen LogP contribution in [0.5, 0.6) is 5.75 Å². The Morgan fingerprint density at radius 3 is 2.93 bits per heavy atom. The molecule has 0 spiro atoms. The van der Waals surface area contributed by atoms with Crippen molar-refractivity contribution in [3.63, 3.8) is 0 Å². The molecule has 0 amide bonds. The molecule has 0 atom stereocenters. The number of terminal acetylenes is 1. The maximum absolute atomic E-state index is 10.1. The highest BCUT2D eigenvalue weighted by Gasteiger charge is 1.97. The second kappa shape index (κ2) is 5.60. The van der Waals surface area contributed by atoms with Gasteiger partial charge in [0, 0.05) is 5.56 Å². The number of ether oxygens (including phenoxy) is 1. The van der Waals surface area contributed by atoms with Crippen LogP contribution in [0.2, 0.25) is 0 Å².